The van der Waals surface area contributed by atoms with E-state index in [-0.39, 0.29) is 18.9 Å². The van der Waals surface area contributed by atoms with Gasteiger partial charge in [0.2, 0.25) is 5.91 Å². The van der Waals surface area contributed by atoms with Crippen molar-refractivity contribution in [2.24, 2.45) is 0 Å². The first kappa shape index (κ1) is 14.8. The first-order valence-corrected chi connectivity index (χ1v) is 6.65. The highest BCUT2D eigenvalue weighted by Crippen LogP contribution is 2.11. The highest BCUT2D eigenvalue weighted by molar-refractivity contribution is 5.79. The second-order valence-electron chi connectivity index (χ2n) is 4.62. The van der Waals surface area contributed by atoms with Gasteiger partial charge in [-0.15, -0.1) is 0 Å². The molecule has 0 unspecified atom stereocenters. The average Bonchev–Trinajstić information content (AvgIpc) is 2.74. The van der Waals surface area contributed by atoms with Gasteiger partial charge in [-0.3, -0.25) is 14.2 Å². The Labute approximate surface area is 120 Å². The Balaban J connectivity index is 1.88. The van der Waals surface area contributed by atoms with Gasteiger partial charge in [-0.2, -0.15) is 0 Å². The van der Waals surface area contributed by atoms with Crippen LogP contribution < -0.4 is 11.1 Å². The summed E-state index contributed by atoms with van der Waals surface area (Å²) >= 11 is 0. The van der Waals surface area contributed by atoms with Gasteiger partial charge in [-0.25, -0.2) is 4.79 Å². The number of para-hydroxylation sites is 2. The van der Waals surface area contributed by atoms with E-state index in [0.717, 1.165) is 0 Å². The van der Waals surface area contributed by atoms with Crippen molar-refractivity contribution >= 4 is 23.0 Å². The standard InChI is InChI=1S/C14H16N2O5/c17-12(15-8-4-3-7-13(18)19)9-16-10-5-1-2-6-11(10)21-14(16)20/h1-2,5-6H,3-4,7-9H2,(H,15,17)(H,18,19). The van der Waals surface area contributed by atoms with Crippen molar-refractivity contribution in [2.75, 3.05) is 6.54 Å². The number of amides is 1. The van der Waals surface area contributed by atoms with Gasteiger partial charge < -0.3 is 14.8 Å². The number of oxazole rings is 1. The van der Waals surface area contributed by atoms with Gasteiger partial charge in [0.15, 0.2) is 5.58 Å². The Morgan fingerprint density at radius 3 is 2.76 bits per heavy atom. The van der Waals surface area contributed by atoms with E-state index in [2.05, 4.69) is 5.32 Å². The van der Waals surface area contributed by atoms with Crippen LogP contribution in [0, 0.1) is 0 Å². The fraction of sp³-hybridized carbons (Fsp3) is 0.357. The van der Waals surface area contributed by atoms with E-state index in [1.54, 1.807) is 24.3 Å². The number of carboxylic acid groups (broad SMARTS) is 1. The fourth-order valence-electron chi connectivity index (χ4n) is 1.99. The summed E-state index contributed by atoms with van der Waals surface area (Å²) in [5.41, 5.74) is 1.01. The monoisotopic (exact) mass is 292 g/mol. The summed E-state index contributed by atoms with van der Waals surface area (Å²) in [4.78, 5) is 33.8. The van der Waals surface area contributed by atoms with Crippen LogP contribution in [0.3, 0.4) is 0 Å². The summed E-state index contributed by atoms with van der Waals surface area (Å²) in [6.07, 6.45) is 1.17. The van der Waals surface area contributed by atoms with Gasteiger partial charge in [0, 0.05) is 13.0 Å². The Morgan fingerprint density at radius 1 is 1.24 bits per heavy atom. The molecule has 0 saturated carbocycles. The molecule has 2 rings (SSSR count). The van der Waals surface area contributed by atoms with Crippen LogP contribution >= 0.6 is 0 Å². The smallest absolute Gasteiger partial charge is 0.420 e. The molecule has 1 aromatic heterocycles. The number of fused-ring (bicyclic) bond motifs is 1. The van der Waals surface area contributed by atoms with Crippen molar-refractivity contribution < 1.29 is 19.1 Å². The summed E-state index contributed by atoms with van der Waals surface area (Å²) in [6.45, 7) is 0.269. The first-order chi connectivity index (χ1) is 10.1. The van der Waals surface area contributed by atoms with Gasteiger partial charge in [0.25, 0.3) is 0 Å². The van der Waals surface area contributed by atoms with Crippen LogP contribution in [-0.4, -0.2) is 28.1 Å². The number of aliphatic carboxylic acids is 1. The highest BCUT2D eigenvalue weighted by atomic mass is 16.4. The van der Waals surface area contributed by atoms with E-state index < -0.39 is 11.7 Å². The molecule has 0 bridgehead atoms. The number of carbonyl (C=O) groups excluding carboxylic acids is 1. The normalized spacial score (nSPS) is 10.7. The zero-order valence-corrected chi connectivity index (χ0v) is 11.4. The Bertz CT molecular complexity index is 701. The second-order valence-corrected chi connectivity index (χ2v) is 4.62. The maximum atomic E-state index is 11.8. The van der Waals surface area contributed by atoms with Gasteiger partial charge in [-0.1, -0.05) is 12.1 Å². The molecule has 0 fully saturated rings. The van der Waals surface area contributed by atoms with Crippen LogP contribution in [0.25, 0.3) is 11.1 Å². The van der Waals surface area contributed by atoms with Crippen LogP contribution in [-0.2, 0) is 16.1 Å². The van der Waals surface area contributed by atoms with Crippen LogP contribution in [0.4, 0.5) is 0 Å². The van der Waals surface area contributed by atoms with Crippen molar-refractivity contribution in [1.29, 1.82) is 0 Å². The van der Waals surface area contributed by atoms with E-state index in [0.29, 0.717) is 30.5 Å². The topological polar surface area (TPSA) is 102 Å². The van der Waals surface area contributed by atoms with Crippen molar-refractivity contribution in [3.8, 4) is 0 Å². The number of benzene rings is 1. The number of nitrogens with one attached hydrogen (secondary N) is 1. The maximum Gasteiger partial charge on any atom is 0.420 e. The van der Waals surface area contributed by atoms with E-state index in [1.165, 1.54) is 4.57 Å². The molecular formula is C14H16N2O5. The average molecular weight is 292 g/mol. The number of nitrogens with zero attached hydrogens (tertiary/aromatic N) is 1. The van der Waals surface area contributed by atoms with Crippen molar-refractivity contribution in [3.05, 3.63) is 34.8 Å². The highest BCUT2D eigenvalue weighted by Gasteiger charge is 2.11. The van der Waals surface area contributed by atoms with E-state index in [1.807, 2.05) is 0 Å². The number of unbranched alkanes of at least 4 members (excludes halogenated alkanes) is 1. The van der Waals surface area contributed by atoms with Crippen LogP contribution in [0.15, 0.2) is 33.5 Å². The third-order valence-corrected chi connectivity index (χ3v) is 3.02. The molecule has 112 valence electrons. The van der Waals surface area contributed by atoms with Gasteiger partial charge >= 0.3 is 11.7 Å². The molecule has 0 aliphatic rings. The predicted molar refractivity (Wildman–Crippen MR) is 75.0 cm³/mol. The van der Waals surface area contributed by atoms with Crippen molar-refractivity contribution in [2.45, 2.75) is 25.8 Å². The molecule has 1 aromatic carbocycles. The number of carboxylic acids is 1. The zero-order valence-electron chi connectivity index (χ0n) is 11.4. The molecule has 0 spiro atoms. The minimum Gasteiger partial charge on any atom is -0.481 e. The van der Waals surface area contributed by atoms with Crippen molar-refractivity contribution in [3.63, 3.8) is 0 Å². The molecule has 7 heteroatoms. The minimum atomic E-state index is -0.849. The molecule has 0 saturated heterocycles. The fourth-order valence-corrected chi connectivity index (χ4v) is 1.99. The zero-order chi connectivity index (χ0) is 15.2. The van der Waals surface area contributed by atoms with Crippen molar-refractivity contribution in [1.82, 2.24) is 9.88 Å². The first-order valence-electron chi connectivity index (χ1n) is 6.65. The van der Waals surface area contributed by atoms with Gasteiger partial charge in [0.05, 0.1) is 5.52 Å². The number of rotatable bonds is 7. The Kier molecular flexibility index (Phi) is 4.76. The molecule has 1 heterocycles. The number of hydrogen-bond acceptors (Lipinski definition) is 4. The third-order valence-electron chi connectivity index (χ3n) is 3.02. The lowest BCUT2D eigenvalue weighted by atomic mass is 10.2. The summed E-state index contributed by atoms with van der Waals surface area (Å²) in [5.74, 6) is -1.73. The van der Waals surface area contributed by atoms with Gasteiger partial charge in [0.1, 0.15) is 6.54 Å². The predicted octanol–water partition coefficient (Wildman–Crippen LogP) is 0.966. The lowest BCUT2D eigenvalue weighted by Crippen LogP contribution is -2.31. The molecule has 2 N–H and O–H groups in total. The summed E-state index contributed by atoms with van der Waals surface area (Å²) in [6, 6.07) is 6.88. The third kappa shape index (κ3) is 3.95. The van der Waals surface area contributed by atoms with E-state index in [9.17, 15) is 14.4 Å². The van der Waals surface area contributed by atoms with E-state index >= 15 is 0 Å². The summed E-state index contributed by atoms with van der Waals surface area (Å²) in [7, 11) is 0. The largest absolute Gasteiger partial charge is 0.481 e. The SMILES string of the molecule is O=C(O)CCCCNC(=O)Cn1c(=O)oc2ccccc21. The molecule has 0 aliphatic carbocycles. The second kappa shape index (κ2) is 6.74. The van der Waals surface area contributed by atoms with E-state index in [4.69, 9.17) is 9.52 Å². The number of carbonyl (C=O) groups is 2. The molecule has 21 heavy (non-hydrogen) atoms. The lowest BCUT2D eigenvalue weighted by Gasteiger charge is -2.05. The maximum absolute atomic E-state index is 11.8. The van der Waals surface area contributed by atoms with Gasteiger partial charge in [-0.05, 0) is 25.0 Å². The van der Waals surface area contributed by atoms with Crippen LogP contribution in [0.2, 0.25) is 0 Å². The molecule has 7 nitrogen and oxygen atoms in total. The Hall–Kier alpha value is -2.57. The number of hydrogen-bond donors (Lipinski definition) is 2. The molecule has 2 aromatic rings. The quantitative estimate of drug-likeness (QED) is 0.740. The summed E-state index contributed by atoms with van der Waals surface area (Å²) in [5, 5.41) is 11.1. The Morgan fingerprint density at radius 2 is 2.00 bits per heavy atom. The molecule has 1 amide bonds. The molecule has 0 aliphatic heterocycles. The van der Waals surface area contributed by atoms with Crippen LogP contribution in [0.1, 0.15) is 19.3 Å². The minimum absolute atomic E-state index is 0.0850. The summed E-state index contributed by atoms with van der Waals surface area (Å²) < 4.78 is 6.30. The molecule has 0 radical (unpaired) electrons. The lowest BCUT2D eigenvalue weighted by molar-refractivity contribution is -0.137. The molecule has 0 atom stereocenters. The van der Waals surface area contributed by atoms with Crippen LogP contribution in [0.5, 0.6) is 0 Å². The molecular weight excluding hydrogens is 276 g/mol. The number of aromatic nitrogens is 1.